The van der Waals surface area contributed by atoms with E-state index in [-0.39, 0.29) is 24.1 Å². The lowest BCUT2D eigenvalue weighted by Crippen LogP contribution is -2.40. The summed E-state index contributed by atoms with van der Waals surface area (Å²) in [5.74, 6) is 0.00718. The number of carboxylic acids is 1. The molecule has 0 aliphatic carbocycles. The van der Waals surface area contributed by atoms with Crippen molar-refractivity contribution in [3.8, 4) is 0 Å². The molecule has 1 atom stereocenters. The second kappa shape index (κ2) is 6.52. The van der Waals surface area contributed by atoms with E-state index in [2.05, 4.69) is 13.8 Å². The van der Waals surface area contributed by atoms with Crippen LogP contribution in [-0.2, 0) is 14.6 Å². The largest absolute Gasteiger partial charge is 0.480 e. The average Bonchev–Trinajstić information content (AvgIpc) is 2.56. The highest BCUT2D eigenvalue weighted by Crippen LogP contribution is 2.18. The van der Waals surface area contributed by atoms with Crippen LogP contribution in [0.4, 0.5) is 0 Å². The van der Waals surface area contributed by atoms with Crippen LogP contribution >= 0.6 is 0 Å². The number of carboxylic acid groups (broad SMARTS) is 1. The van der Waals surface area contributed by atoms with Crippen molar-refractivity contribution in [2.24, 2.45) is 5.92 Å². The molecule has 0 aromatic rings. The first-order valence-electron chi connectivity index (χ1n) is 6.46. The maximum absolute atomic E-state index is 11.4. The Kier molecular flexibility index (Phi) is 5.59. The van der Waals surface area contributed by atoms with E-state index in [0.29, 0.717) is 18.9 Å². The molecule has 5 nitrogen and oxygen atoms in total. The molecule has 0 saturated carbocycles. The van der Waals surface area contributed by atoms with Gasteiger partial charge >= 0.3 is 5.97 Å². The van der Waals surface area contributed by atoms with Gasteiger partial charge in [0.2, 0.25) is 0 Å². The van der Waals surface area contributed by atoms with Gasteiger partial charge in [0.15, 0.2) is 9.84 Å². The topological polar surface area (TPSA) is 74.7 Å². The number of sulfone groups is 1. The molecule has 1 heterocycles. The van der Waals surface area contributed by atoms with E-state index in [1.165, 1.54) is 0 Å². The lowest BCUT2D eigenvalue weighted by molar-refractivity contribution is -0.138. The summed E-state index contributed by atoms with van der Waals surface area (Å²) in [7, 11) is -2.95. The van der Waals surface area contributed by atoms with Crippen molar-refractivity contribution in [1.29, 1.82) is 0 Å². The summed E-state index contributed by atoms with van der Waals surface area (Å²) in [6, 6.07) is -0.113. The Morgan fingerprint density at radius 2 is 2.11 bits per heavy atom. The molecule has 0 aromatic heterocycles. The lowest BCUT2D eigenvalue weighted by Gasteiger charge is -2.26. The second-order valence-corrected chi connectivity index (χ2v) is 7.69. The average molecular weight is 277 g/mol. The standard InChI is InChI=1S/C12H23NO4S/c1-10(2)4-3-6-13(8-12(14)15)11-5-7-18(16,17)9-11/h10-11H,3-9H2,1-2H3,(H,14,15). The molecule has 0 spiro atoms. The zero-order valence-electron chi connectivity index (χ0n) is 11.1. The van der Waals surface area contributed by atoms with Crippen molar-refractivity contribution < 1.29 is 18.3 Å². The van der Waals surface area contributed by atoms with Gasteiger partial charge in [0, 0.05) is 6.04 Å². The number of nitrogens with zero attached hydrogens (tertiary/aromatic N) is 1. The molecular weight excluding hydrogens is 254 g/mol. The van der Waals surface area contributed by atoms with E-state index < -0.39 is 15.8 Å². The minimum absolute atomic E-state index is 0.0573. The van der Waals surface area contributed by atoms with E-state index >= 15 is 0 Å². The van der Waals surface area contributed by atoms with Crippen LogP contribution in [0.2, 0.25) is 0 Å². The first-order valence-corrected chi connectivity index (χ1v) is 8.28. The van der Waals surface area contributed by atoms with E-state index in [4.69, 9.17) is 5.11 Å². The fraction of sp³-hybridized carbons (Fsp3) is 0.917. The minimum atomic E-state index is -2.95. The molecule has 0 amide bonds. The maximum Gasteiger partial charge on any atom is 0.317 e. The molecule has 6 heteroatoms. The fourth-order valence-corrected chi connectivity index (χ4v) is 4.09. The van der Waals surface area contributed by atoms with Gasteiger partial charge in [0.25, 0.3) is 0 Å². The van der Waals surface area contributed by atoms with Crippen molar-refractivity contribution in [3.63, 3.8) is 0 Å². The summed E-state index contributed by atoms with van der Waals surface area (Å²) < 4.78 is 22.9. The zero-order chi connectivity index (χ0) is 13.8. The van der Waals surface area contributed by atoms with Crippen LogP contribution < -0.4 is 0 Å². The molecule has 1 aliphatic heterocycles. The number of hydrogen-bond donors (Lipinski definition) is 1. The lowest BCUT2D eigenvalue weighted by atomic mass is 10.1. The highest BCUT2D eigenvalue weighted by atomic mass is 32.2. The van der Waals surface area contributed by atoms with Crippen molar-refractivity contribution in [2.45, 2.75) is 39.2 Å². The van der Waals surface area contributed by atoms with E-state index in [1.807, 2.05) is 4.90 Å². The first-order chi connectivity index (χ1) is 8.30. The zero-order valence-corrected chi connectivity index (χ0v) is 11.9. The molecule has 1 fully saturated rings. The summed E-state index contributed by atoms with van der Waals surface area (Å²) in [5, 5.41) is 8.89. The third-order valence-corrected chi connectivity index (χ3v) is 5.04. The Labute approximate surface area is 109 Å². The van der Waals surface area contributed by atoms with E-state index in [0.717, 1.165) is 12.8 Å². The van der Waals surface area contributed by atoms with E-state index in [9.17, 15) is 13.2 Å². The smallest absolute Gasteiger partial charge is 0.317 e. The fourth-order valence-electron chi connectivity index (χ4n) is 2.33. The molecule has 1 unspecified atom stereocenters. The Morgan fingerprint density at radius 1 is 1.44 bits per heavy atom. The van der Waals surface area contributed by atoms with Crippen LogP contribution in [0.1, 0.15) is 33.1 Å². The van der Waals surface area contributed by atoms with Crippen molar-refractivity contribution >= 4 is 15.8 Å². The van der Waals surface area contributed by atoms with Crippen LogP contribution in [0, 0.1) is 5.92 Å². The highest BCUT2D eigenvalue weighted by Gasteiger charge is 2.32. The van der Waals surface area contributed by atoms with Gasteiger partial charge in [-0.25, -0.2) is 8.42 Å². The molecule has 1 saturated heterocycles. The van der Waals surface area contributed by atoms with Crippen LogP contribution in [-0.4, -0.2) is 55.0 Å². The maximum atomic E-state index is 11.4. The molecule has 18 heavy (non-hydrogen) atoms. The molecule has 1 N–H and O–H groups in total. The van der Waals surface area contributed by atoms with Gasteiger partial charge in [0.1, 0.15) is 0 Å². The normalized spacial score (nSPS) is 22.8. The van der Waals surface area contributed by atoms with E-state index in [1.54, 1.807) is 0 Å². The number of hydrogen-bond acceptors (Lipinski definition) is 4. The Bertz CT molecular complexity index is 378. The van der Waals surface area contributed by atoms with Gasteiger partial charge in [0.05, 0.1) is 18.1 Å². The quantitative estimate of drug-likeness (QED) is 0.751. The second-order valence-electron chi connectivity index (χ2n) is 5.46. The third kappa shape index (κ3) is 5.35. The predicted molar refractivity (Wildman–Crippen MR) is 70.3 cm³/mol. The molecule has 0 bridgehead atoms. The van der Waals surface area contributed by atoms with Gasteiger partial charge in [-0.3, -0.25) is 9.69 Å². The minimum Gasteiger partial charge on any atom is -0.480 e. The highest BCUT2D eigenvalue weighted by molar-refractivity contribution is 7.91. The molecule has 0 radical (unpaired) electrons. The van der Waals surface area contributed by atoms with Crippen molar-refractivity contribution in [2.75, 3.05) is 24.6 Å². The van der Waals surface area contributed by atoms with Crippen LogP contribution in [0.3, 0.4) is 0 Å². The summed E-state index contributed by atoms with van der Waals surface area (Å²) in [6.45, 7) is 4.87. The number of carbonyl (C=O) groups is 1. The third-order valence-electron chi connectivity index (χ3n) is 3.29. The van der Waals surface area contributed by atoms with Crippen molar-refractivity contribution in [3.05, 3.63) is 0 Å². The molecule has 1 aliphatic rings. The summed E-state index contributed by atoms with van der Waals surface area (Å²) >= 11 is 0. The van der Waals surface area contributed by atoms with Gasteiger partial charge in [-0.15, -0.1) is 0 Å². The van der Waals surface area contributed by atoms with Gasteiger partial charge in [-0.05, 0) is 31.7 Å². The molecule has 1 rings (SSSR count). The Balaban J connectivity index is 2.53. The predicted octanol–water partition coefficient (Wildman–Crippen LogP) is 0.996. The first kappa shape index (κ1) is 15.4. The Morgan fingerprint density at radius 3 is 2.56 bits per heavy atom. The molecular formula is C12H23NO4S. The molecule has 106 valence electrons. The number of aliphatic carboxylic acids is 1. The SMILES string of the molecule is CC(C)CCCN(CC(=O)O)C1CCS(=O)(=O)C1. The molecule has 0 aromatic carbocycles. The number of rotatable bonds is 7. The van der Waals surface area contributed by atoms with Gasteiger partial charge in [-0.1, -0.05) is 13.8 Å². The summed E-state index contributed by atoms with van der Waals surface area (Å²) in [6.07, 6.45) is 2.52. The van der Waals surface area contributed by atoms with Crippen LogP contribution in [0.15, 0.2) is 0 Å². The van der Waals surface area contributed by atoms with Crippen molar-refractivity contribution in [1.82, 2.24) is 4.90 Å². The van der Waals surface area contributed by atoms with Crippen LogP contribution in [0.5, 0.6) is 0 Å². The van der Waals surface area contributed by atoms with Crippen LogP contribution in [0.25, 0.3) is 0 Å². The summed E-state index contributed by atoms with van der Waals surface area (Å²) in [4.78, 5) is 12.6. The summed E-state index contributed by atoms with van der Waals surface area (Å²) in [5.41, 5.74) is 0. The monoisotopic (exact) mass is 277 g/mol. The van der Waals surface area contributed by atoms with Gasteiger partial charge in [-0.2, -0.15) is 0 Å². The Hall–Kier alpha value is -0.620. The van der Waals surface area contributed by atoms with Gasteiger partial charge < -0.3 is 5.11 Å².